The molecule has 0 atom stereocenters. The van der Waals surface area contributed by atoms with Crippen molar-refractivity contribution in [3.05, 3.63) is 92.9 Å². The molecule has 6 heteroatoms. The van der Waals surface area contributed by atoms with Gasteiger partial charge in [0.2, 0.25) is 0 Å². The summed E-state index contributed by atoms with van der Waals surface area (Å²) >= 11 is 3.46. The lowest BCUT2D eigenvalue weighted by Gasteiger charge is -2.36. The predicted octanol–water partition coefficient (Wildman–Crippen LogP) is 6.89. The lowest BCUT2D eigenvalue weighted by molar-refractivity contribution is -0.117. The molecule has 36 heavy (non-hydrogen) atoms. The number of hydrogen-bond donors (Lipinski definition) is 0. The molecule has 3 aliphatic rings. The van der Waals surface area contributed by atoms with Crippen molar-refractivity contribution in [2.24, 2.45) is 0 Å². The zero-order valence-electron chi connectivity index (χ0n) is 20.4. The quantitative estimate of drug-likeness (QED) is 0.352. The molecule has 0 radical (unpaired) electrons. The van der Waals surface area contributed by atoms with Crippen molar-refractivity contribution >= 4 is 27.5 Å². The number of methoxy groups -OCH3 is 1. The van der Waals surface area contributed by atoms with Gasteiger partial charge in [-0.1, -0.05) is 40.2 Å². The second kappa shape index (κ2) is 10.5. The van der Waals surface area contributed by atoms with E-state index in [0.29, 0.717) is 61.4 Å². The van der Waals surface area contributed by atoms with E-state index in [9.17, 15) is 9.59 Å². The SMILES string of the molecule is C=CCc1cc(C2C3=C(CCCC3=O)OC3=C2C(=O)CCC3)cc(OC)c1OCc1ccc(Br)cc1. The van der Waals surface area contributed by atoms with Crippen molar-refractivity contribution in [2.75, 3.05) is 7.11 Å². The first-order chi connectivity index (χ1) is 17.5. The zero-order valence-corrected chi connectivity index (χ0v) is 22.0. The molecule has 0 fully saturated rings. The Hall–Kier alpha value is -3.12. The molecule has 2 aromatic carbocycles. The number of ether oxygens (including phenoxy) is 3. The number of benzene rings is 2. The fourth-order valence-electron chi connectivity index (χ4n) is 5.36. The van der Waals surface area contributed by atoms with Crippen LogP contribution in [0.1, 0.15) is 61.1 Å². The highest BCUT2D eigenvalue weighted by molar-refractivity contribution is 9.10. The van der Waals surface area contributed by atoms with E-state index < -0.39 is 5.92 Å². The van der Waals surface area contributed by atoms with E-state index in [1.807, 2.05) is 42.5 Å². The number of allylic oxidation sites excluding steroid dienone is 5. The number of carbonyl (C=O) groups excluding carboxylic acids is 2. The van der Waals surface area contributed by atoms with Gasteiger partial charge in [-0.05, 0) is 48.6 Å². The summed E-state index contributed by atoms with van der Waals surface area (Å²) in [6.07, 6.45) is 6.30. The number of hydrogen-bond acceptors (Lipinski definition) is 5. The summed E-state index contributed by atoms with van der Waals surface area (Å²) in [5.41, 5.74) is 4.05. The Bertz CT molecular complexity index is 1240. The van der Waals surface area contributed by atoms with E-state index in [2.05, 4.69) is 22.5 Å². The zero-order chi connectivity index (χ0) is 25.2. The molecule has 186 valence electrons. The third-order valence-corrected chi connectivity index (χ3v) is 7.54. The summed E-state index contributed by atoms with van der Waals surface area (Å²) in [6.45, 7) is 4.31. The minimum Gasteiger partial charge on any atom is -0.493 e. The lowest BCUT2D eigenvalue weighted by atomic mass is 9.73. The van der Waals surface area contributed by atoms with Crippen LogP contribution in [0.15, 0.2) is 76.2 Å². The van der Waals surface area contributed by atoms with E-state index in [4.69, 9.17) is 14.2 Å². The number of Topliss-reactive ketones (excluding diaryl/α,β-unsaturated/α-hetero) is 2. The lowest BCUT2D eigenvalue weighted by Crippen LogP contribution is -2.30. The molecule has 0 N–H and O–H groups in total. The van der Waals surface area contributed by atoms with E-state index in [0.717, 1.165) is 45.5 Å². The Morgan fingerprint density at radius 1 is 1.00 bits per heavy atom. The van der Waals surface area contributed by atoms with E-state index in [1.54, 1.807) is 7.11 Å². The molecule has 2 aliphatic carbocycles. The Kier molecular flexibility index (Phi) is 7.15. The molecular weight excluding hydrogens is 520 g/mol. The van der Waals surface area contributed by atoms with Crippen LogP contribution in [-0.4, -0.2) is 18.7 Å². The van der Waals surface area contributed by atoms with Gasteiger partial charge < -0.3 is 14.2 Å². The third kappa shape index (κ3) is 4.66. The second-order valence-electron chi connectivity index (χ2n) is 9.38. The fourth-order valence-corrected chi connectivity index (χ4v) is 5.62. The Balaban J connectivity index is 1.60. The molecule has 1 aliphatic heterocycles. The summed E-state index contributed by atoms with van der Waals surface area (Å²) in [6, 6.07) is 11.9. The van der Waals surface area contributed by atoms with Crippen LogP contribution in [0.5, 0.6) is 11.5 Å². The van der Waals surface area contributed by atoms with Gasteiger partial charge in [-0.25, -0.2) is 0 Å². The largest absolute Gasteiger partial charge is 0.493 e. The standard InChI is InChI=1S/C30H29BrO5/c1-3-6-19-15-20(16-26(34-2)30(19)35-17-18-11-13-21(31)14-12-18)27-28-22(32)7-4-9-24(28)36-25-10-5-8-23(33)29(25)27/h3,11-16,27H,1,4-10,17H2,2H3. The molecule has 0 amide bonds. The third-order valence-electron chi connectivity index (χ3n) is 7.01. The van der Waals surface area contributed by atoms with E-state index in [1.165, 1.54) is 0 Å². The molecule has 0 saturated heterocycles. The summed E-state index contributed by atoms with van der Waals surface area (Å²) in [5, 5.41) is 0. The summed E-state index contributed by atoms with van der Waals surface area (Å²) in [4.78, 5) is 26.3. The van der Waals surface area contributed by atoms with E-state index >= 15 is 0 Å². The predicted molar refractivity (Wildman–Crippen MR) is 141 cm³/mol. The highest BCUT2D eigenvalue weighted by Crippen LogP contribution is 2.49. The number of halogens is 1. The van der Waals surface area contributed by atoms with Crippen LogP contribution >= 0.6 is 15.9 Å². The molecule has 0 spiro atoms. The summed E-state index contributed by atoms with van der Waals surface area (Å²) in [7, 11) is 1.61. The van der Waals surface area contributed by atoms with Crippen LogP contribution < -0.4 is 9.47 Å². The monoisotopic (exact) mass is 548 g/mol. The van der Waals surface area contributed by atoms with Gasteiger partial charge in [-0.15, -0.1) is 6.58 Å². The van der Waals surface area contributed by atoms with Crippen LogP contribution in [0.2, 0.25) is 0 Å². The molecule has 2 aromatic rings. The molecule has 5 nitrogen and oxygen atoms in total. The molecule has 0 saturated carbocycles. The Labute approximate surface area is 220 Å². The molecular formula is C30H29BrO5. The number of ketones is 2. The normalized spacial score (nSPS) is 17.9. The molecule has 0 unspecified atom stereocenters. The topological polar surface area (TPSA) is 61.8 Å². The molecule has 0 aromatic heterocycles. The minimum absolute atomic E-state index is 0.0611. The van der Waals surface area contributed by atoms with Gasteiger partial charge in [-0.3, -0.25) is 9.59 Å². The first kappa shape index (κ1) is 24.6. The maximum absolute atomic E-state index is 13.2. The van der Waals surface area contributed by atoms with Crippen LogP contribution in [-0.2, 0) is 27.4 Å². The van der Waals surface area contributed by atoms with Gasteiger partial charge >= 0.3 is 0 Å². The number of carbonyl (C=O) groups is 2. The van der Waals surface area contributed by atoms with Crippen molar-refractivity contribution < 1.29 is 23.8 Å². The minimum atomic E-state index is -0.442. The van der Waals surface area contributed by atoms with Crippen LogP contribution in [0, 0.1) is 0 Å². The molecule has 5 rings (SSSR count). The highest BCUT2D eigenvalue weighted by atomic mass is 79.9. The molecule has 1 heterocycles. The molecule has 0 bridgehead atoms. The van der Waals surface area contributed by atoms with Gasteiger partial charge in [0.05, 0.1) is 7.11 Å². The van der Waals surface area contributed by atoms with Gasteiger partial charge in [0.25, 0.3) is 0 Å². The van der Waals surface area contributed by atoms with Crippen molar-refractivity contribution in [3.8, 4) is 11.5 Å². The average Bonchev–Trinajstić information content (AvgIpc) is 2.88. The Morgan fingerprint density at radius 2 is 1.64 bits per heavy atom. The number of rotatable bonds is 7. The van der Waals surface area contributed by atoms with E-state index in [-0.39, 0.29) is 11.6 Å². The first-order valence-electron chi connectivity index (χ1n) is 12.4. The van der Waals surface area contributed by atoms with Crippen molar-refractivity contribution in [1.29, 1.82) is 0 Å². The van der Waals surface area contributed by atoms with Crippen LogP contribution in [0.25, 0.3) is 0 Å². The van der Waals surface area contributed by atoms with Gasteiger partial charge in [0.15, 0.2) is 23.1 Å². The first-order valence-corrected chi connectivity index (χ1v) is 13.2. The average molecular weight is 549 g/mol. The van der Waals surface area contributed by atoms with Gasteiger partial charge in [-0.2, -0.15) is 0 Å². The summed E-state index contributed by atoms with van der Waals surface area (Å²) < 4.78 is 19.3. The second-order valence-corrected chi connectivity index (χ2v) is 10.3. The van der Waals surface area contributed by atoms with Crippen molar-refractivity contribution in [3.63, 3.8) is 0 Å². The fraction of sp³-hybridized carbons (Fsp3) is 0.333. The summed E-state index contributed by atoms with van der Waals surface area (Å²) in [5.74, 6) is 2.35. The highest BCUT2D eigenvalue weighted by Gasteiger charge is 2.42. The van der Waals surface area contributed by atoms with Crippen molar-refractivity contribution in [2.45, 2.75) is 57.5 Å². The van der Waals surface area contributed by atoms with Gasteiger partial charge in [0, 0.05) is 52.8 Å². The maximum atomic E-state index is 13.2. The van der Waals surface area contributed by atoms with Crippen LogP contribution in [0.4, 0.5) is 0 Å². The smallest absolute Gasteiger partial charge is 0.165 e. The van der Waals surface area contributed by atoms with Crippen molar-refractivity contribution in [1.82, 2.24) is 0 Å². The van der Waals surface area contributed by atoms with Gasteiger partial charge in [0.1, 0.15) is 18.1 Å². The van der Waals surface area contributed by atoms with Crippen LogP contribution in [0.3, 0.4) is 0 Å². The Morgan fingerprint density at radius 3 is 2.22 bits per heavy atom. The maximum Gasteiger partial charge on any atom is 0.165 e.